The van der Waals surface area contributed by atoms with E-state index in [2.05, 4.69) is 34.1 Å². The van der Waals surface area contributed by atoms with Gasteiger partial charge in [0.05, 0.1) is 5.39 Å². The van der Waals surface area contributed by atoms with Gasteiger partial charge in [-0.15, -0.1) is 0 Å². The molecular formula is C11H16N4O. The zero-order valence-electron chi connectivity index (χ0n) is 9.74. The minimum absolute atomic E-state index is 0.336. The van der Waals surface area contributed by atoms with E-state index in [4.69, 9.17) is 4.74 Å². The molecule has 86 valence electrons. The lowest BCUT2D eigenvalue weighted by Crippen LogP contribution is -2.13. The lowest BCUT2D eigenvalue weighted by atomic mass is 10.3. The Morgan fingerprint density at radius 1 is 1.44 bits per heavy atom. The summed E-state index contributed by atoms with van der Waals surface area (Å²) in [4.78, 5) is 11.9. The molecule has 2 N–H and O–H groups in total. The Hall–Kier alpha value is -1.62. The lowest BCUT2D eigenvalue weighted by molar-refractivity contribution is 0.178. The highest BCUT2D eigenvalue weighted by Crippen LogP contribution is 2.19. The van der Waals surface area contributed by atoms with Gasteiger partial charge in [0.25, 0.3) is 0 Å². The molecule has 0 aromatic carbocycles. The molecule has 0 aliphatic rings. The van der Waals surface area contributed by atoms with Crippen molar-refractivity contribution in [1.29, 1.82) is 0 Å². The van der Waals surface area contributed by atoms with E-state index in [9.17, 15) is 0 Å². The number of aromatic nitrogens is 3. The standard InChI is InChI=1S/C11H16N4O/c1-7(2)13-11-8-4-5-12-10(8)14-9(15-11)6-16-3/h4-5,7H,6H2,1-3H3,(H2,12,13,14,15). The number of anilines is 1. The van der Waals surface area contributed by atoms with E-state index >= 15 is 0 Å². The van der Waals surface area contributed by atoms with Crippen molar-refractivity contribution in [3.8, 4) is 0 Å². The molecule has 2 aromatic heterocycles. The number of hydrogen-bond acceptors (Lipinski definition) is 4. The topological polar surface area (TPSA) is 62.8 Å². The van der Waals surface area contributed by atoms with Gasteiger partial charge >= 0.3 is 0 Å². The van der Waals surface area contributed by atoms with Crippen LogP contribution in [0, 0.1) is 0 Å². The number of fused-ring (bicyclic) bond motifs is 1. The van der Waals surface area contributed by atoms with Crippen LogP contribution in [0.3, 0.4) is 0 Å². The molecule has 2 rings (SSSR count). The van der Waals surface area contributed by atoms with Crippen molar-refractivity contribution in [3.05, 3.63) is 18.1 Å². The van der Waals surface area contributed by atoms with Gasteiger partial charge in [0, 0.05) is 19.3 Å². The van der Waals surface area contributed by atoms with Gasteiger partial charge in [0.15, 0.2) is 5.82 Å². The average Bonchev–Trinajstić information content (AvgIpc) is 2.65. The first kappa shape index (κ1) is 10.9. The summed E-state index contributed by atoms with van der Waals surface area (Å²) in [5.74, 6) is 1.54. The second kappa shape index (κ2) is 4.49. The molecule has 0 aliphatic heterocycles. The summed E-state index contributed by atoms with van der Waals surface area (Å²) in [6.07, 6.45) is 1.86. The Bertz CT molecular complexity index is 478. The Kier molecular flexibility index (Phi) is 3.05. The van der Waals surface area contributed by atoms with E-state index in [0.717, 1.165) is 16.9 Å². The molecular weight excluding hydrogens is 204 g/mol. The van der Waals surface area contributed by atoms with Crippen LogP contribution in [0.15, 0.2) is 12.3 Å². The Balaban J connectivity index is 2.46. The summed E-state index contributed by atoms with van der Waals surface area (Å²) in [6, 6.07) is 2.31. The maximum atomic E-state index is 5.05. The molecule has 16 heavy (non-hydrogen) atoms. The van der Waals surface area contributed by atoms with Crippen LogP contribution in [0.4, 0.5) is 5.82 Å². The number of aromatic amines is 1. The van der Waals surface area contributed by atoms with Crippen molar-refractivity contribution in [2.45, 2.75) is 26.5 Å². The highest BCUT2D eigenvalue weighted by atomic mass is 16.5. The third-order valence-corrected chi connectivity index (χ3v) is 2.16. The van der Waals surface area contributed by atoms with Crippen molar-refractivity contribution in [2.75, 3.05) is 12.4 Å². The molecule has 0 spiro atoms. The third kappa shape index (κ3) is 2.14. The smallest absolute Gasteiger partial charge is 0.158 e. The summed E-state index contributed by atoms with van der Waals surface area (Å²) in [5.41, 5.74) is 0.838. The first-order valence-electron chi connectivity index (χ1n) is 5.30. The zero-order chi connectivity index (χ0) is 11.5. The summed E-state index contributed by atoms with van der Waals surface area (Å²) in [7, 11) is 1.64. The van der Waals surface area contributed by atoms with E-state index in [1.54, 1.807) is 7.11 Å². The van der Waals surface area contributed by atoms with E-state index in [-0.39, 0.29) is 0 Å². The minimum Gasteiger partial charge on any atom is -0.377 e. The number of hydrogen-bond donors (Lipinski definition) is 2. The largest absolute Gasteiger partial charge is 0.377 e. The van der Waals surface area contributed by atoms with Crippen LogP contribution in [0.5, 0.6) is 0 Å². The molecule has 2 heterocycles. The van der Waals surface area contributed by atoms with Crippen molar-refractivity contribution >= 4 is 16.9 Å². The monoisotopic (exact) mass is 220 g/mol. The van der Waals surface area contributed by atoms with Gasteiger partial charge < -0.3 is 15.0 Å². The highest BCUT2D eigenvalue weighted by Gasteiger charge is 2.08. The van der Waals surface area contributed by atoms with Crippen LogP contribution in [-0.2, 0) is 11.3 Å². The fraction of sp³-hybridized carbons (Fsp3) is 0.455. The van der Waals surface area contributed by atoms with Crippen LogP contribution < -0.4 is 5.32 Å². The van der Waals surface area contributed by atoms with Gasteiger partial charge in [-0.2, -0.15) is 0 Å². The van der Waals surface area contributed by atoms with Crippen LogP contribution in [0.25, 0.3) is 11.0 Å². The van der Waals surface area contributed by atoms with Gasteiger partial charge in [0.1, 0.15) is 18.1 Å². The number of nitrogens with one attached hydrogen (secondary N) is 2. The Labute approximate surface area is 94.2 Å². The summed E-state index contributed by atoms with van der Waals surface area (Å²) >= 11 is 0. The van der Waals surface area contributed by atoms with Crippen LogP contribution in [-0.4, -0.2) is 28.1 Å². The van der Waals surface area contributed by atoms with E-state index in [1.165, 1.54) is 0 Å². The zero-order valence-corrected chi connectivity index (χ0v) is 9.74. The molecule has 0 fully saturated rings. The van der Waals surface area contributed by atoms with Crippen molar-refractivity contribution in [3.63, 3.8) is 0 Å². The number of ether oxygens (including phenoxy) is 1. The fourth-order valence-corrected chi connectivity index (χ4v) is 1.56. The first-order chi connectivity index (χ1) is 7.70. The Morgan fingerprint density at radius 2 is 2.25 bits per heavy atom. The molecule has 0 amide bonds. The van der Waals surface area contributed by atoms with E-state index in [0.29, 0.717) is 18.5 Å². The second-order valence-electron chi connectivity index (χ2n) is 3.96. The average molecular weight is 220 g/mol. The van der Waals surface area contributed by atoms with Gasteiger partial charge in [0.2, 0.25) is 0 Å². The molecule has 2 aromatic rings. The molecule has 0 aliphatic carbocycles. The van der Waals surface area contributed by atoms with E-state index in [1.807, 2.05) is 12.3 Å². The highest BCUT2D eigenvalue weighted by molar-refractivity contribution is 5.87. The predicted molar refractivity (Wildman–Crippen MR) is 63.4 cm³/mol. The molecule has 0 unspecified atom stereocenters. The number of H-pyrrole nitrogens is 1. The Morgan fingerprint density at radius 3 is 2.94 bits per heavy atom. The first-order valence-corrected chi connectivity index (χ1v) is 5.30. The van der Waals surface area contributed by atoms with Crippen molar-refractivity contribution in [1.82, 2.24) is 15.0 Å². The third-order valence-electron chi connectivity index (χ3n) is 2.16. The number of rotatable bonds is 4. The second-order valence-corrected chi connectivity index (χ2v) is 3.96. The number of methoxy groups -OCH3 is 1. The van der Waals surface area contributed by atoms with Crippen LogP contribution in [0.1, 0.15) is 19.7 Å². The molecule has 0 saturated heterocycles. The van der Waals surface area contributed by atoms with Gasteiger partial charge in [-0.1, -0.05) is 0 Å². The van der Waals surface area contributed by atoms with Crippen molar-refractivity contribution in [2.24, 2.45) is 0 Å². The van der Waals surface area contributed by atoms with Crippen LogP contribution >= 0.6 is 0 Å². The normalized spacial score (nSPS) is 11.2. The molecule has 5 heteroatoms. The molecule has 0 atom stereocenters. The molecule has 0 radical (unpaired) electrons. The minimum atomic E-state index is 0.336. The number of nitrogens with zero attached hydrogens (tertiary/aromatic N) is 2. The quantitative estimate of drug-likeness (QED) is 0.826. The van der Waals surface area contributed by atoms with Crippen molar-refractivity contribution < 1.29 is 4.74 Å². The van der Waals surface area contributed by atoms with E-state index < -0.39 is 0 Å². The maximum Gasteiger partial charge on any atom is 0.158 e. The molecule has 0 bridgehead atoms. The summed E-state index contributed by atoms with van der Waals surface area (Å²) in [5, 5.41) is 4.31. The molecule has 5 nitrogen and oxygen atoms in total. The SMILES string of the molecule is COCc1nc(NC(C)C)c2cc[nH]c2n1. The fourth-order valence-electron chi connectivity index (χ4n) is 1.56. The van der Waals surface area contributed by atoms with Gasteiger partial charge in [-0.3, -0.25) is 0 Å². The lowest BCUT2D eigenvalue weighted by Gasteiger charge is -2.11. The van der Waals surface area contributed by atoms with Crippen LogP contribution in [0.2, 0.25) is 0 Å². The maximum absolute atomic E-state index is 5.05. The molecule has 0 saturated carbocycles. The summed E-state index contributed by atoms with van der Waals surface area (Å²) in [6.45, 7) is 4.58. The van der Waals surface area contributed by atoms with Gasteiger partial charge in [-0.25, -0.2) is 9.97 Å². The summed E-state index contributed by atoms with van der Waals surface area (Å²) < 4.78 is 5.05. The van der Waals surface area contributed by atoms with Gasteiger partial charge in [-0.05, 0) is 19.9 Å². The predicted octanol–water partition coefficient (Wildman–Crippen LogP) is 1.92.